The van der Waals surface area contributed by atoms with Crippen molar-refractivity contribution in [3.8, 4) is 0 Å². The van der Waals surface area contributed by atoms with Crippen LogP contribution < -0.4 is 0 Å². The van der Waals surface area contributed by atoms with E-state index in [1.54, 1.807) is 4.14 Å². The molecule has 0 atom stereocenters. The lowest BCUT2D eigenvalue weighted by atomic mass is 10.7. The van der Waals surface area contributed by atoms with Crippen molar-refractivity contribution in [2.24, 2.45) is 4.99 Å². The van der Waals surface area contributed by atoms with Gasteiger partial charge in [0.2, 0.25) is 0 Å². The second-order valence-electron chi connectivity index (χ2n) is 1.09. The number of hydrogen-bond donors (Lipinski definition) is 0. The molecular weight excluding hydrogens is 243 g/mol. The molecule has 0 fully saturated rings. The first-order valence-corrected chi connectivity index (χ1v) is 4.55. The van der Waals surface area contributed by atoms with Crippen LogP contribution in [0.15, 0.2) is 14.9 Å². The highest BCUT2D eigenvalue weighted by Crippen LogP contribution is 2.18. The summed E-state index contributed by atoms with van der Waals surface area (Å²) in [6.45, 7) is 0. The number of nitrogens with zero attached hydrogens (tertiary/aromatic N) is 1. The SMILES string of the molecule is FC1=CC(Cl)=NC=I1. The Bertz CT molecular complexity index is 182. The van der Waals surface area contributed by atoms with Gasteiger partial charge in [0, 0.05) is 6.08 Å². The molecule has 0 aromatic carbocycles. The van der Waals surface area contributed by atoms with Crippen LogP contribution >= 0.6 is 32.3 Å². The van der Waals surface area contributed by atoms with E-state index in [4.69, 9.17) is 11.6 Å². The summed E-state index contributed by atoms with van der Waals surface area (Å²) < 4.78 is 13.6. The van der Waals surface area contributed by atoms with Crippen LogP contribution in [0.3, 0.4) is 0 Å². The molecule has 0 radical (unpaired) electrons. The van der Waals surface area contributed by atoms with E-state index in [0.717, 1.165) is 0 Å². The zero-order valence-corrected chi connectivity index (χ0v) is 6.65. The fraction of sp³-hybridized carbons (Fsp3) is 0. The second-order valence-corrected chi connectivity index (χ2v) is 3.69. The first-order chi connectivity index (χ1) is 3.79. The number of rotatable bonds is 0. The molecule has 0 saturated carbocycles. The number of aliphatic imine (C=N–C) groups is 1. The van der Waals surface area contributed by atoms with Gasteiger partial charge in [-0.25, -0.2) is 9.38 Å². The molecule has 1 rings (SSSR count). The third-order valence-electron chi connectivity index (χ3n) is 0.553. The van der Waals surface area contributed by atoms with Crippen molar-refractivity contribution in [2.45, 2.75) is 0 Å². The van der Waals surface area contributed by atoms with Gasteiger partial charge >= 0.3 is 0 Å². The molecule has 0 aromatic heterocycles. The smallest absolute Gasteiger partial charge is 0.159 e. The summed E-state index contributed by atoms with van der Waals surface area (Å²) >= 11 is 4.75. The van der Waals surface area contributed by atoms with Crippen molar-refractivity contribution in [2.75, 3.05) is 0 Å². The van der Waals surface area contributed by atoms with Crippen LogP contribution in [-0.4, -0.2) is 9.31 Å². The second kappa shape index (κ2) is 2.68. The third-order valence-corrected chi connectivity index (χ3v) is 2.22. The first kappa shape index (κ1) is 6.35. The van der Waals surface area contributed by atoms with Gasteiger partial charge in [0.1, 0.15) is 5.17 Å². The van der Waals surface area contributed by atoms with E-state index in [1.807, 2.05) is 0 Å². The summed E-state index contributed by atoms with van der Waals surface area (Å²) in [5.74, 6) is 0. The Morgan fingerprint density at radius 2 is 2.50 bits per heavy atom. The lowest BCUT2D eigenvalue weighted by Gasteiger charge is -1.90. The average molecular weight is 245 g/mol. The van der Waals surface area contributed by atoms with Gasteiger partial charge in [0.15, 0.2) is 3.83 Å². The van der Waals surface area contributed by atoms with Gasteiger partial charge in [-0.15, -0.1) is 0 Å². The number of halogens is 3. The molecule has 4 heteroatoms. The molecule has 0 unspecified atom stereocenters. The molecule has 0 aliphatic carbocycles. The quantitative estimate of drug-likeness (QED) is 0.580. The van der Waals surface area contributed by atoms with Crippen LogP contribution in [0, 0.1) is 0 Å². The summed E-state index contributed by atoms with van der Waals surface area (Å²) in [7, 11) is 0. The van der Waals surface area contributed by atoms with E-state index in [0.29, 0.717) is 0 Å². The number of allylic oxidation sites excluding steroid dienone is 1. The fourth-order valence-corrected chi connectivity index (χ4v) is 1.95. The summed E-state index contributed by atoms with van der Waals surface area (Å²) in [6, 6.07) is 0. The topological polar surface area (TPSA) is 12.4 Å². The molecule has 1 nitrogen and oxygen atoms in total. The Morgan fingerprint density at radius 3 is 2.88 bits per heavy atom. The van der Waals surface area contributed by atoms with Gasteiger partial charge in [-0.3, -0.25) is 0 Å². The lowest BCUT2D eigenvalue weighted by molar-refractivity contribution is 0.712. The summed E-state index contributed by atoms with van der Waals surface area (Å²) in [6.07, 6.45) is 1.26. The molecule has 1 aliphatic rings. The fourth-order valence-electron chi connectivity index (χ4n) is 0.276. The molecule has 0 spiro atoms. The van der Waals surface area contributed by atoms with Gasteiger partial charge in [0.25, 0.3) is 0 Å². The minimum atomic E-state index is -0.578. The van der Waals surface area contributed by atoms with Gasteiger partial charge in [-0.2, -0.15) is 0 Å². The van der Waals surface area contributed by atoms with E-state index in [1.165, 1.54) is 6.08 Å². The van der Waals surface area contributed by atoms with Crippen LogP contribution in [-0.2, 0) is 0 Å². The van der Waals surface area contributed by atoms with Crippen LogP contribution in [0.5, 0.6) is 0 Å². The van der Waals surface area contributed by atoms with Crippen molar-refractivity contribution in [1.82, 2.24) is 0 Å². The normalized spacial score (nSPS) is 18.8. The molecule has 0 N–H and O–H groups in total. The largest absolute Gasteiger partial charge is 0.238 e. The van der Waals surface area contributed by atoms with Crippen molar-refractivity contribution >= 4 is 41.6 Å². The minimum Gasteiger partial charge on any atom is -0.238 e. The predicted octanol–water partition coefficient (Wildman–Crippen LogP) is 2.18. The van der Waals surface area contributed by atoms with Crippen molar-refractivity contribution in [3.63, 3.8) is 0 Å². The van der Waals surface area contributed by atoms with E-state index in [2.05, 4.69) is 4.99 Å². The highest BCUT2D eigenvalue weighted by atomic mass is 127. The van der Waals surface area contributed by atoms with Gasteiger partial charge in [0.05, 0.1) is 4.14 Å². The Balaban J connectivity index is 2.89. The number of hydrogen-bond acceptors (Lipinski definition) is 1. The van der Waals surface area contributed by atoms with Crippen LogP contribution in [0.4, 0.5) is 4.39 Å². The molecular formula is C4H2ClFIN. The summed E-state index contributed by atoms with van der Waals surface area (Å²) in [5, 5.41) is 0.244. The van der Waals surface area contributed by atoms with E-state index in [9.17, 15) is 4.39 Å². The predicted molar refractivity (Wildman–Crippen MR) is 42.6 cm³/mol. The maximum absolute atomic E-state index is 12.1. The molecule has 44 valence electrons. The van der Waals surface area contributed by atoms with E-state index >= 15 is 0 Å². The standard InChI is InChI=1S/C4H2ClFIN/c5-3-1-4(6)7-2-8-3/h1-2H. The zero-order valence-electron chi connectivity index (χ0n) is 3.74. The van der Waals surface area contributed by atoms with Crippen molar-refractivity contribution in [3.05, 3.63) is 9.91 Å². The third kappa shape index (κ3) is 1.63. The monoisotopic (exact) mass is 245 g/mol. The Morgan fingerprint density at radius 1 is 1.75 bits per heavy atom. The molecule has 0 saturated heterocycles. The lowest BCUT2D eigenvalue weighted by Crippen LogP contribution is -1.83. The van der Waals surface area contributed by atoms with Gasteiger partial charge < -0.3 is 0 Å². The molecule has 0 aromatic rings. The summed E-state index contributed by atoms with van der Waals surface area (Å²) in [5.41, 5.74) is 0. The van der Waals surface area contributed by atoms with Crippen LogP contribution in [0.2, 0.25) is 0 Å². The molecule has 8 heavy (non-hydrogen) atoms. The van der Waals surface area contributed by atoms with E-state index < -0.39 is 20.7 Å². The zero-order chi connectivity index (χ0) is 5.98. The molecule has 0 bridgehead atoms. The molecule has 1 aliphatic heterocycles. The summed E-state index contributed by atoms with van der Waals surface area (Å²) in [4.78, 5) is 3.67. The average Bonchev–Trinajstić information content (AvgIpc) is 1.64. The van der Waals surface area contributed by atoms with Crippen LogP contribution in [0.25, 0.3) is 0 Å². The Labute approximate surface area is 61.0 Å². The minimum absolute atomic E-state index is 0.121. The van der Waals surface area contributed by atoms with E-state index in [-0.39, 0.29) is 9.00 Å². The maximum Gasteiger partial charge on any atom is 0.159 e. The Kier molecular flexibility index (Phi) is 2.13. The maximum atomic E-state index is 12.1. The molecule has 1 heterocycles. The van der Waals surface area contributed by atoms with Gasteiger partial charge in [-0.05, 0) is 20.7 Å². The highest BCUT2D eigenvalue weighted by molar-refractivity contribution is 14.2. The van der Waals surface area contributed by atoms with Crippen molar-refractivity contribution in [1.29, 1.82) is 0 Å². The van der Waals surface area contributed by atoms with Gasteiger partial charge in [-0.1, -0.05) is 11.6 Å². The molecule has 0 amide bonds. The van der Waals surface area contributed by atoms with Crippen LogP contribution in [0.1, 0.15) is 0 Å². The first-order valence-electron chi connectivity index (χ1n) is 1.84. The van der Waals surface area contributed by atoms with Crippen molar-refractivity contribution < 1.29 is 4.39 Å². The highest BCUT2D eigenvalue weighted by Gasteiger charge is 1.95. The Hall–Kier alpha value is 0.230.